The summed E-state index contributed by atoms with van der Waals surface area (Å²) in [4.78, 5) is 2.47. The Kier molecular flexibility index (Phi) is 5.05. The smallest absolute Gasteiger partial charge is 0.127 e. The minimum absolute atomic E-state index is 0.614. The Hall–Kier alpha value is -1.26. The first kappa shape index (κ1) is 14.2. The van der Waals surface area contributed by atoms with Crippen LogP contribution in [0.4, 0.5) is 0 Å². The van der Waals surface area contributed by atoms with Crippen molar-refractivity contribution in [2.24, 2.45) is 0 Å². The largest absolute Gasteiger partial charge is 0.497 e. The summed E-state index contributed by atoms with van der Waals surface area (Å²) in [5.74, 6) is 1.75. The Balaban J connectivity index is 2.05. The summed E-state index contributed by atoms with van der Waals surface area (Å²) in [5.41, 5.74) is 1.22. The lowest BCUT2D eigenvalue weighted by molar-refractivity contribution is 0.276. The molecule has 0 bridgehead atoms. The summed E-state index contributed by atoms with van der Waals surface area (Å²) in [5, 5.41) is 3.51. The van der Waals surface area contributed by atoms with Crippen molar-refractivity contribution in [1.29, 1.82) is 0 Å². The van der Waals surface area contributed by atoms with E-state index in [1.54, 1.807) is 14.2 Å². The van der Waals surface area contributed by atoms with E-state index in [0.717, 1.165) is 37.7 Å². The highest BCUT2D eigenvalue weighted by Crippen LogP contribution is 2.25. The van der Waals surface area contributed by atoms with E-state index in [9.17, 15) is 0 Å². The monoisotopic (exact) mass is 264 g/mol. The summed E-state index contributed by atoms with van der Waals surface area (Å²) in [6.07, 6.45) is 1.19. The van der Waals surface area contributed by atoms with Gasteiger partial charge in [0.25, 0.3) is 0 Å². The highest BCUT2D eigenvalue weighted by Gasteiger charge is 2.15. The molecular weight excluding hydrogens is 240 g/mol. The van der Waals surface area contributed by atoms with Gasteiger partial charge in [-0.25, -0.2) is 0 Å². The Morgan fingerprint density at radius 2 is 2.11 bits per heavy atom. The number of ether oxygens (including phenoxy) is 2. The second-order valence-electron chi connectivity index (χ2n) is 5.10. The number of nitrogens with one attached hydrogen (secondary N) is 1. The fourth-order valence-corrected chi connectivity index (χ4v) is 2.44. The summed E-state index contributed by atoms with van der Waals surface area (Å²) in [6.45, 7) is 6.45. The lowest BCUT2D eigenvalue weighted by Crippen LogP contribution is -2.28. The Morgan fingerprint density at radius 1 is 1.26 bits per heavy atom. The van der Waals surface area contributed by atoms with Gasteiger partial charge < -0.3 is 14.8 Å². The fraction of sp³-hybridized carbons (Fsp3) is 0.600. The summed E-state index contributed by atoms with van der Waals surface area (Å²) >= 11 is 0. The molecule has 1 aromatic rings. The molecule has 4 nitrogen and oxygen atoms in total. The predicted octanol–water partition coefficient (Wildman–Crippen LogP) is 1.89. The first-order valence-electron chi connectivity index (χ1n) is 6.89. The van der Waals surface area contributed by atoms with E-state index >= 15 is 0 Å². The summed E-state index contributed by atoms with van der Waals surface area (Å²) < 4.78 is 10.7. The van der Waals surface area contributed by atoms with Crippen molar-refractivity contribution in [3.8, 4) is 11.5 Å². The molecule has 106 valence electrons. The van der Waals surface area contributed by atoms with Crippen LogP contribution in [0.1, 0.15) is 18.9 Å². The first-order chi connectivity index (χ1) is 9.22. The van der Waals surface area contributed by atoms with Gasteiger partial charge in [0, 0.05) is 43.9 Å². The zero-order chi connectivity index (χ0) is 13.7. The van der Waals surface area contributed by atoms with Crippen LogP contribution in [-0.4, -0.2) is 44.8 Å². The molecule has 1 N–H and O–H groups in total. The van der Waals surface area contributed by atoms with Gasteiger partial charge in [-0.05, 0) is 19.4 Å². The molecule has 0 aromatic heterocycles. The van der Waals surface area contributed by atoms with Crippen molar-refractivity contribution < 1.29 is 9.47 Å². The lowest BCUT2D eigenvalue weighted by atomic mass is 10.1. The van der Waals surface area contributed by atoms with Crippen LogP contribution in [-0.2, 0) is 6.54 Å². The minimum atomic E-state index is 0.614. The molecule has 4 heteroatoms. The lowest BCUT2D eigenvalue weighted by Gasteiger charge is -2.21. The molecule has 1 unspecified atom stereocenters. The van der Waals surface area contributed by atoms with Gasteiger partial charge in [-0.15, -0.1) is 0 Å². The molecule has 1 fully saturated rings. The van der Waals surface area contributed by atoms with Crippen molar-refractivity contribution in [1.82, 2.24) is 10.2 Å². The molecule has 1 heterocycles. The molecule has 19 heavy (non-hydrogen) atoms. The second-order valence-corrected chi connectivity index (χ2v) is 5.10. The second kappa shape index (κ2) is 6.78. The maximum Gasteiger partial charge on any atom is 0.127 e. The Morgan fingerprint density at radius 3 is 2.84 bits per heavy atom. The zero-order valence-electron chi connectivity index (χ0n) is 12.1. The van der Waals surface area contributed by atoms with E-state index in [4.69, 9.17) is 9.47 Å². The molecule has 1 aromatic carbocycles. The Bertz CT molecular complexity index is 409. The fourth-order valence-electron chi connectivity index (χ4n) is 2.44. The van der Waals surface area contributed by atoms with Crippen LogP contribution in [0.15, 0.2) is 18.2 Å². The first-order valence-corrected chi connectivity index (χ1v) is 6.89. The van der Waals surface area contributed by atoms with Crippen molar-refractivity contribution in [2.75, 3.05) is 33.9 Å². The minimum Gasteiger partial charge on any atom is -0.497 e. The molecule has 0 spiro atoms. The predicted molar refractivity (Wildman–Crippen MR) is 76.9 cm³/mol. The third kappa shape index (κ3) is 3.85. The number of nitrogens with zero attached hydrogens (tertiary/aromatic N) is 1. The van der Waals surface area contributed by atoms with E-state index in [2.05, 4.69) is 23.2 Å². The van der Waals surface area contributed by atoms with Crippen LogP contribution in [0.25, 0.3) is 0 Å². The van der Waals surface area contributed by atoms with E-state index in [-0.39, 0.29) is 0 Å². The van der Waals surface area contributed by atoms with Gasteiger partial charge >= 0.3 is 0 Å². The maximum atomic E-state index is 5.46. The SMILES string of the molecule is COc1ccc(CN2CCNC(C)CC2)c(OC)c1. The highest BCUT2D eigenvalue weighted by atomic mass is 16.5. The molecule has 1 saturated heterocycles. The zero-order valence-corrected chi connectivity index (χ0v) is 12.1. The van der Waals surface area contributed by atoms with Crippen molar-refractivity contribution in [3.05, 3.63) is 23.8 Å². The molecule has 0 saturated carbocycles. The molecule has 1 aliphatic heterocycles. The number of benzene rings is 1. The van der Waals surface area contributed by atoms with Crippen LogP contribution in [0.2, 0.25) is 0 Å². The van der Waals surface area contributed by atoms with E-state index < -0.39 is 0 Å². The van der Waals surface area contributed by atoms with Crippen LogP contribution in [0.3, 0.4) is 0 Å². The number of hydrogen-bond acceptors (Lipinski definition) is 4. The third-order valence-corrected chi connectivity index (χ3v) is 3.69. The molecule has 1 aliphatic rings. The standard InChI is InChI=1S/C15H24N2O2/c1-12-6-8-17(9-7-16-12)11-13-4-5-14(18-2)10-15(13)19-3/h4-5,10,12,16H,6-9,11H2,1-3H3. The maximum absolute atomic E-state index is 5.46. The molecule has 1 atom stereocenters. The van der Waals surface area contributed by atoms with Crippen molar-refractivity contribution in [2.45, 2.75) is 25.9 Å². The van der Waals surface area contributed by atoms with Crippen LogP contribution < -0.4 is 14.8 Å². The van der Waals surface area contributed by atoms with Gasteiger partial charge in [0.2, 0.25) is 0 Å². The van der Waals surface area contributed by atoms with Gasteiger partial charge in [0.05, 0.1) is 14.2 Å². The Labute approximate surface area is 115 Å². The van der Waals surface area contributed by atoms with E-state index in [0.29, 0.717) is 6.04 Å². The average Bonchev–Trinajstić information content (AvgIpc) is 2.64. The number of hydrogen-bond donors (Lipinski definition) is 1. The van der Waals surface area contributed by atoms with E-state index in [1.165, 1.54) is 12.0 Å². The van der Waals surface area contributed by atoms with Gasteiger partial charge in [0.1, 0.15) is 11.5 Å². The van der Waals surface area contributed by atoms with Crippen LogP contribution >= 0.6 is 0 Å². The average molecular weight is 264 g/mol. The highest BCUT2D eigenvalue weighted by molar-refractivity contribution is 5.40. The van der Waals surface area contributed by atoms with E-state index in [1.807, 2.05) is 12.1 Å². The van der Waals surface area contributed by atoms with Crippen LogP contribution in [0, 0.1) is 0 Å². The van der Waals surface area contributed by atoms with Gasteiger partial charge in [-0.3, -0.25) is 4.90 Å². The van der Waals surface area contributed by atoms with Crippen LogP contribution in [0.5, 0.6) is 11.5 Å². The molecule has 0 amide bonds. The topological polar surface area (TPSA) is 33.7 Å². The third-order valence-electron chi connectivity index (χ3n) is 3.69. The van der Waals surface area contributed by atoms with Crippen molar-refractivity contribution >= 4 is 0 Å². The van der Waals surface area contributed by atoms with Gasteiger partial charge in [-0.1, -0.05) is 6.07 Å². The normalized spacial score (nSPS) is 20.9. The molecule has 0 radical (unpaired) electrons. The summed E-state index contributed by atoms with van der Waals surface area (Å²) in [7, 11) is 3.39. The van der Waals surface area contributed by atoms with Gasteiger partial charge in [0.15, 0.2) is 0 Å². The summed E-state index contributed by atoms with van der Waals surface area (Å²) in [6, 6.07) is 6.66. The van der Waals surface area contributed by atoms with Gasteiger partial charge in [-0.2, -0.15) is 0 Å². The molecule has 2 rings (SSSR count). The van der Waals surface area contributed by atoms with Crippen molar-refractivity contribution in [3.63, 3.8) is 0 Å². The quantitative estimate of drug-likeness (QED) is 0.900. The molecule has 0 aliphatic carbocycles. The number of rotatable bonds is 4. The number of methoxy groups -OCH3 is 2. The molecular formula is C15H24N2O2.